The van der Waals surface area contributed by atoms with Gasteiger partial charge in [-0.2, -0.15) is 0 Å². The number of hydrogen-bond donors (Lipinski definition) is 4. The first kappa shape index (κ1) is 18.3. The number of benzene rings is 1. The molecule has 7 heteroatoms. The topological polar surface area (TPSA) is 138 Å². The Morgan fingerprint density at radius 1 is 1.18 bits per heavy atom. The van der Waals surface area contributed by atoms with E-state index in [4.69, 9.17) is 5.73 Å². The molecule has 0 bridgehead atoms. The molecule has 1 saturated carbocycles. The van der Waals surface area contributed by atoms with Gasteiger partial charge in [-0.15, -0.1) is 0 Å². The van der Waals surface area contributed by atoms with Crippen LogP contribution in [0.5, 0.6) is 5.75 Å². The van der Waals surface area contributed by atoms with Crippen LogP contribution in [0, 0.1) is 24.7 Å². The lowest BCUT2D eigenvalue weighted by Crippen LogP contribution is -2.45. The van der Waals surface area contributed by atoms with Gasteiger partial charge >= 0.3 is 0 Å². The van der Waals surface area contributed by atoms with Crippen molar-refractivity contribution in [2.75, 3.05) is 0 Å². The number of aliphatic hydroxyl groups is 2. The number of rotatable bonds is 1. The van der Waals surface area contributed by atoms with Gasteiger partial charge in [-0.3, -0.25) is 14.4 Å². The van der Waals surface area contributed by atoms with Crippen LogP contribution in [0.4, 0.5) is 0 Å². The number of hydrogen-bond acceptors (Lipinski definition) is 6. The lowest BCUT2D eigenvalue weighted by Gasteiger charge is -2.44. The minimum atomic E-state index is -1.09. The van der Waals surface area contributed by atoms with Crippen LogP contribution in [-0.4, -0.2) is 32.8 Å². The zero-order chi connectivity index (χ0) is 20.5. The Morgan fingerprint density at radius 3 is 2.50 bits per heavy atom. The van der Waals surface area contributed by atoms with Crippen molar-refractivity contribution in [1.82, 2.24) is 0 Å². The van der Waals surface area contributed by atoms with Gasteiger partial charge < -0.3 is 21.1 Å². The maximum absolute atomic E-state index is 13.3. The number of fused-ring (bicyclic) bond motifs is 3. The average molecular weight is 383 g/mol. The van der Waals surface area contributed by atoms with Gasteiger partial charge in [0, 0.05) is 12.0 Å². The van der Waals surface area contributed by atoms with Crippen molar-refractivity contribution >= 4 is 23.2 Å². The molecule has 4 rings (SSSR count). The summed E-state index contributed by atoms with van der Waals surface area (Å²) in [6, 6.07) is 3.23. The molecular formula is C21H21NO6. The number of aryl methyl sites for hydroxylation is 1. The standard InChI is InChI=1S/C21H21NO6/c1-7-3-4-11(23)16-13(7)8(2)10-5-9-6-12(24)17(21(22)28)19(26)14(9)18(25)15(10)20(16)27/h3-4,8-10,14,23,26-27H,5-6H2,1-2H3,(H2,22,28)/t8-,9?,10?,14?/m0/s1. The molecule has 146 valence electrons. The third kappa shape index (κ3) is 2.25. The van der Waals surface area contributed by atoms with Crippen LogP contribution < -0.4 is 5.73 Å². The maximum Gasteiger partial charge on any atom is 0.255 e. The highest BCUT2D eigenvalue weighted by molar-refractivity contribution is 6.21. The molecule has 0 aliphatic heterocycles. The normalized spacial score (nSPS) is 29.4. The van der Waals surface area contributed by atoms with Crippen molar-refractivity contribution in [3.8, 4) is 5.75 Å². The number of primary amides is 1. The van der Waals surface area contributed by atoms with Gasteiger partial charge in [-0.05, 0) is 48.3 Å². The van der Waals surface area contributed by atoms with E-state index in [1.807, 2.05) is 13.8 Å². The molecule has 1 aromatic carbocycles. The van der Waals surface area contributed by atoms with E-state index in [9.17, 15) is 29.7 Å². The molecule has 28 heavy (non-hydrogen) atoms. The largest absolute Gasteiger partial charge is 0.511 e. The second-order valence-corrected chi connectivity index (χ2v) is 7.94. The zero-order valence-corrected chi connectivity index (χ0v) is 15.5. The Bertz CT molecular complexity index is 1020. The van der Waals surface area contributed by atoms with Gasteiger partial charge in [0.15, 0.2) is 11.6 Å². The van der Waals surface area contributed by atoms with Crippen molar-refractivity contribution in [3.63, 3.8) is 0 Å². The minimum absolute atomic E-state index is 0.0537. The van der Waals surface area contributed by atoms with Crippen molar-refractivity contribution < 1.29 is 29.7 Å². The summed E-state index contributed by atoms with van der Waals surface area (Å²) in [7, 11) is 0. The number of phenolic OH excluding ortho intramolecular Hbond substituents is 1. The molecule has 0 saturated heterocycles. The molecule has 3 unspecified atom stereocenters. The highest BCUT2D eigenvalue weighted by atomic mass is 16.3. The number of allylic oxidation sites excluding steroid dienone is 2. The Morgan fingerprint density at radius 2 is 1.86 bits per heavy atom. The number of aliphatic hydroxyl groups excluding tert-OH is 2. The minimum Gasteiger partial charge on any atom is -0.511 e. The Balaban J connectivity index is 1.93. The van der Waals surface area contributed by atoms with Gasteiger partial charge in [0.25, 0.3) is 5.91 Å². The molecule has 1 aromatic rings. The SMILES string of the molecule is Cc1ccc(O)c2c1[C@@H](C)C1CC3CC(=O)C(C(N)=O)=C(O)C3C(=O)C1=C2O. The van der Waals surface area contributed by atoms with Crippen LogP contribution in [0.1, 0.15) is 42.4 Å². The van der Waals surface area contributed by atoms with Crippen LogP contribution in [0.3, 0.4) is 0 Å². The number of nitrogens with two attached hydrogens (primary N) is 1. The number of Topliss-reactive ketones (excluding diaryl/α,β-unsaturated/α-hetero) is 2. The first-order chi connectivity index (χ1) is 13.1. The predicted octanol–water partition coefficient (Wildman–Crippen LogP) is 2.18. The third-order valence-corrected chi connectivity index (χ3v) is 6.46. The summed E-state index contributed by atoms with van der Waals surface area (Å²) in [4.78, 5) is 37.1. The van der Waals surface area contributed by atoms with Crippen molar-refractivity contribution in [2.45, 2.75) is 32.6 Å². The molecule has 3 aliphatic rings. The molecule has 0 heterocycles. The molecule has 0 aromatic heterocycles. The Hall–Kier alpha value is -3.09. The summed E-state index contributed by atoms with van der Waals surface area (Å²) >= 11 is 0. The summed E-state index contributed by atoms with van der Waals surface area (Å²) in [5, 5.41) is 31.7. The quantitative estimate of drug-likeness (QED) is 0.548. The number of amides is 1. The van der Waals surface area contributed by atoms with E-state index >= 15 is 0 Å². The lowest BCUT2D eigenvalue weighted by molar-refractivity contribution is -0.127. The van der Waals surface area contributed by atoms with Gasteiger partial charge in [0.1, 0.15) is 22.8 Å². The van der Waals surface area contributed by atoms with E-state index in [0.717, 1.165) is 11.1 Å². The molecule has 7 nitrogen and oxygen atoms in total. The van der Waals surface area contributed by atoms with Crippen LogP contribution in [-0.2, 0) is 14.4 Å². The van der Waals surface area contributed by atoms with Crippen molar-refractivity contribution in [3.05, 3.63) is 45.7 Å². The van der Waals surface area contributed by atoms with Gasteiger partial charge in [-0.25, -0.2) is 0 Å². The molecule has 1 fully saturated rings. The monoisotopic (exact) mass is 383 g/mol. The summed E-state index contributed by atoms with van der Waals surface area (Å²) in [6.45, 7) is 3.80. The second-order valence-electron chi connectivity index (χ2n) is 7.94. The molecule has 5 N–H and O–H groups in total. The first-order valence-corrected chi connectivity index (χ1v) is 9.21. The summed E-state index contributed by atoms with van der Waals surface area (Å²) < 4.78 is 0. The van der Waals surface area contributed by atoms with E-state index in [2.05, 4.69) is 0 Å². The number of aromatic hydroxyl groups is 1. The van der Waals surface area contributed by atoms with E-state index in [0.29, 0.717) is 6.42 Å². The summed E-state index contributed by atoms with van der Waals surface area (Å²) in [6.07, 6.45) is 0.342. The van der Waals surface area contributed by atoms with E-state index in [-0.39, 0.29) is 40.9 Å². The fourth-order valence-electron chi connectivity index (χ4n) is 5.23. The Kier molecular flexibility index (Phi) is 3.89. The summed E-state index contributed by atoms with van der Waals surface area (Å²) in [5.74, 6) is -5.26. The van der Waals surface area contributed by atoms with Crippen LogP contribution in [0.25, 0.3) is 5.76 Å². The molecule has 0 radical (unpaired) electrons. The number of carbonyl (C=O) groups is 3. The molecule has 0 spiro atoms. The number of phenols is 1. The molecule has 4 atom stereocenters. The van der Waals surface area contributed by atoms with Crippen LogP contribution >= 0.6 is 0 Å². The maximum atomic E-state index is 13.3. The highest BCUT2D eigenvalue weighted by Gasteiger charge is 2.52. The summed E-state index contributed by atoms with van der Waals surface area (Å²) in [5.41, 5.74) is 6.71. The average Bonchev–Trinajstić information content (AvgIpc) is 2.60. The fourth-order valence-corrected chi connectivity index (χ4v) is 5.23. The zero-order valence-electron chi connectivity index (χ0n) is 15.5. The second kappa shape index (κ2) is 5.95. The van der Waals surface area contributed by atoms with Gasteiger partial charge in [-0.1, -0.05) is 13.0 Å². The number of ketones is 2. The lowest BCUT2D eigenvalue weighted by atomic mass is 9.59. The first-order valence-electron chi connectivity index (χ1n) is 9.21. The molecule has 3 aliphatic carbocycles. The molecule has 1 amide bonds. The predicted molar refractivity (Wildman–Crippen MR) is 99.4 cm³/mol. The third-order valence-electron chi connectivity index (χ3n) is 6.46. The van der Waals surface area contributed by atoms with E-state index in [1.165, 1.54) is 6.07 Å². The highest BCUT2D eigenvalue weighted by Crippen LogP contribution is 2.54. The number of carbonyl (C=O) groups excluding carboxylic acids is 3. The van der Waals surface area contributed by atoms with Crippen LogP contribution in [0.15, 0.2) is 29.0 Å². The fraction of sp³-hybridized carbons (Fsp3) is 0.381. The van der Waals surface area contributed by atoms with Crippen molar-refractivity contribution in [2.24, 2.45) is 23.5 Å². The smallest absolute Gasteiger partial charge is 0.255 e. The van der Waals surface area contributed by atoms with Crippen LogP contribution in [0.2, 0.25) is 0 Å². The van der Waals surface area contributed by atoms with E-state index in [1.54, 1.807) is 6.07 Å². The van der Waals surface area contributed by atoms with Gasteiger partial charge in [0.05, 0.1) is 11.5 Å². The molecular weight excluding hydrogens is 362 g/mol. The van der Waals surface area contributed by atoms with E-state index < -0.39 is 40.6 Å². The Labute approximate surface area is 161 Å². The van der Waals surface area contributed by atoms with Crippen molar-refractivity contribution in [1.29, 1.82) is 0 Å². The van der Waals surface area contributed by atoms with Gasteiger partial charge in [0.2, 0.25) is 0 Å².